The van der Waals surface area contributed by atoms with Crippen molar-refractivity contribution in [1.82, 2.24) is 0 Å². The van der Waals surface area contributed by atoms with E-state index in [1.807, 2.05) is 12.1 Å². The van der Waals surface area contributed by atoms with E-state index in [0.717, 1.165) is 11.1 Å². The summed E-state index contributed by atoms with van der Waals surface area (Å²) in [5.41, 5.74) is 1.67. The maximum atomic E-state index is 9.23. The SMILES string of the molecule is OC(Br)c1ccc(C(Br)(Br)OBr)cc1. The highest BCUT2D eigenvalue weighted by molar-refractivity contribution is 9.25. The lowest BCUT2D eigenvalue weighted by atomic mass is 10.1. The smallest absolute Gasteiger partial charge is 0.216 e. The van der Waals surface area contributed by atoms with Crippen LogP contribution in [-0.2, 0) is 7.25 Å². The number of aliphatic hydroxyl groups excluding tert-OH is 1. The molecular formula is C8H6Br4O2. The van der Waals surface area contributed by atoms with Gasteiger partial charge in [0.25, 0.3) is 0 Å². The van der Waals surface area contributed by atoms with E-state index >= 15 is 0 Å². The fraction of sp³-hybridized carbons (Fsp3) is 0.250. The van der Waals surface area contributed by atoms with Gasteiger partial charge in [0.05, 0.1) is 0 Å². The molecule has 6 heteroatoms. The third-order valence-electron chi connectivity index (χ3n) is 1.62. The van der Waals surface area contributed by atoms with Gasteiger partial charge in [-0.05, 0) is 37.4 Å². The molecule has 0 saturated carbocycles. The molecule has 0 heterocycles. The molecule has 0 aliphatic heterocycles. The maximum Gasteiger partial charge on any atom is 0.216 e. The quantitative estimate of drug-likeness (QED) is 0.692. The lowest BCUT2D eigenvalue weighted by Crippen LogP contribution is -2.08. The molecule has 0 saturated heterocycles. The average Bonchev–Trinajstić information content (AvgIpc) is 2.18. The molecule has 1 N–H and O–H groups in total. The van der Waals surface area contributed by atoms with Gasteiger partial charge in [0.1, 0.15) is 21.3 Å². The van der Waals surface area contributed by atoms with Crippen LogP contribution in [0, 0.1) is 0 Å². The van der Waals surface area contributed by atoms with Crippen LogP contribution < -0.4 is 0 Å². The Morgan fingerprint density at radius 3 is 2.07 bits per heavy atom. The predicted molar refractivity (Wildman–Crippen MR) is 69.9 cm³/mol. The summed E-state index contributed by atoms with van der Waals surface area (Å²) in [5, 5.41) is 8.59. The van der Waals surface area contributed by atoms with Gasteiger partial charge in [-0.15, -0.1) is 0 Å². The minimum absolute atomic E-state index is 0.638. The predicted octanol–water partition coefficient (Wildman–Crippen LogP) is 4.30. The Hall–Kier alpha value is 1.06. The number of hydrogen-bond donors (Lipinski definition) is 1. The fourth-order valence-electron chi connectivity index (χ4n) is 0.880. The van der Waals surface area contributed by atoms with E-state index < -0.39 is 8.43 Å². The van der Waals surface area contributed by atoms with Gasteiger partial charge in [0.2, 0.25) is 3.42 Å². The van der Waals surface area contributed by atoms with E-state index in [2.05, 4.69) is 64.0 Å². The zero-order valence-electron chi connectivity index (χ0n) is 6.75. The summed E-state index contributed by atoms with van der Waals surface area (Å²) in [6.45, 7) is 0. The number of aliphatic hydroxyl groups is 1. The monoisotopic (exact) mass is 450 g/mol. The van der Waals surface area contributed by atoms with Gasteiger partial charge in [-0.2, -0.15) is 0 Å². The van der Waals surface area contributed by atoms with Crippen LogP contribution in [0.4, 0.5) is 0 Å². The average molecular weight is 454 g/mol. The fourth-order valence-corrected chi connectivity index (χ4v) is 1.90. The summed E-state index contributed by atoms with van der Waals surface area (Å²) in [6, 6.07) is 7.28. The molecule has 78 valence electrons. The van der Waals surface area contributed by atoms with Crippen LogP contribution in [-0.4, -0.2) is 5.11 Å². The Kier molecular flexibility index (Phi) is 5.07. The van der Waals surface area contributed by atoms with E-state index in [0.29, 0.717) is 0 Å². The highest BCUT2D eigenvalue weighted by Crippen LogP contribution is 2.41. The minimum Gasteiger partial charge on any atom is -0.377 e. The second kappa shape index (κ2) is 5.41. The summed E-state index contributed by atoms with van der Waals surface area (Å²) in [6.07, 6.45) is 0. The lowest BCUT2D eigenvalue weighted by molar-refractivity contribution is 0.277. The first-order valence-corrected chi connectivity index (χ1v) is 6.72. The molecule has 1 unspecified atom stereocenters. The molecule has 1 aromatic rings. The molecule has 1 rings (SSSR count). The molecule has 0 spiro atoms. The zero-order chi connectivity index (χ0) is 10.8. The summed E-state index contributed by atoms with van der Waals surface area (Å²) >= 11 is 12.6. The van der Waals surface area contributed by atoms with Gasteiger partial charge in [-0.25, -0.2) is 0 Å². The van der Waals surface area contributed by atoms with E-state index in [-0.39, 0.29) is 0 Å². The van der Waals surface area contributed by atoms with Crippen molar-refractivity contribution in [3.63, 3.8) is 0 Å². The van der Waals surface area contributed by atoms with Crippen LogP contribution in [0.5, 0.6) is 0 Å². The standard InChI is InChI=1S/C8H6Br4O2/c9-7(13)5-1-3-6(4-2-5)8(10,11)14-12/h1-4,7,13H. The summed E-state index contributed by atoms with van der Waals surface area (Å²) in [5.74, 6) is 0. The first-order valence-electron chi connectivity index (χ1n) is 3.57. The molecule has 1 aromatic carbocycles. The van der Waals surface area contributed by atoms with Gasteiger partial charge in [-0.1, -0.05) is 40.2 Å². The van der Waals surface area contributed by atoms with E-state index in [1.165, 1.54) is 0 Å². The lowest BCUT2D eigenvalue weighted by Gasteiger charge is -2.17. The second-order valence-corrected chi connectivity index (χ2v) is 7.04. The molecule has 0 aromatic heterocycles. The van der Waals surface area contributed by atoms with Gasteiger partial charge < -0.3 is 5.11 Å². The van der Waals surface area contributed by atoms with E-state index in [9.17, 15) is 5.11 Å². The molecule has 0 radical (unpaired) electrons. The molecule has 0 bridgehead atoms. The molecular weight excluding hydrogens is 448 g/mol. The van der Waals surface area contributed by atoms with Crippen LogP contribution in [0.2, 0.25) is 0 Å². The van der Waals surface area contributed by atoms with Crippen molar-refractivity contribution in [1.29, 1.82) is 0 Å². The van der Waals surface area contributed by atoms with Crippen molar-refractivity contribution in [3.8, 4) is 0 Å². The van der Waals surface area contributed by atoms with Crippen molar-refractivity contribution in [2.24, 2.45) is 0 Å². The zero-order valence-corrected chi connectivity index (χ0v) is 13.1. The maximum absolute atomic E-state index is 9.23. The van der Waals surface area contributed by atoms with Crippen molar-refractivity contribution in [2.45, 2.75) is 8.43 Å². The topological polar surface area (TPSA) is 29.5 Å². The highest BCUT2D eigenvalue weighted by atomic mass is 79.9. The van der Waals surface area contributed by atoms with Crippen LogP contribution >= 0.6 is 64.0 Å². The second-order valence-electron chi connectivity index (χ2n) is 2.55. The van der Waals surface area contributed by atoms with Crippen molar-refractivity contribution in [2.75, 3.05) is 0 Å². The van der Waals surface area contributed by atoms with Crippen LogP contribution in [0.15, 0.2) is 24.3 Å². The molecule has 1 atom stereocenters. The van der Waals surface area contributed by atoms with Gasteiger partial charge in [0.15, 0.2) is 0 Å². The molecule has 0 fully saturated rings. The Morgan fingerprint density at radius 1 is 1.21 bits per heavy atom. The van der Waals surface area contributed by atoms with Crippen molar-refractivity contribution >= 4 is 64.0 Å². The van der Waals surface area contributed by atoms with E-state index in [4.69, 9.17) is 3.83 Å². The van der Waals surface area contributed by atoms with Crippen molar-refractivity contribution < 1.29 is 8.93 Å². The first kappa shape index (κ1) is 13.1. The van der Waals surface area contributed by atoms with Gasteiger partial charge in [-0.3, -0.25) is 3.83 Å². The van der Waals surface area contributed by atoms with Crippen LogP contribution in [0.25, 0.3) is 0 Å². The van der Waals surface area contributed by atoms with Crippen molar-refractivity contribution in [3.05, 3.63) is 35.4 Å². The number of benzene rings is 1. The van der Waals surface area contributed by atoms with E-state index in [1.54, 1.807) is 12.1 Å². The molecule has 0 aliphatic rings. The number of halogens is 4. The Labute approximate surface area is 116 Å². The van der Waals surface area contributed by atoms with Crippen LogP contribution in [0.1, 0.15) is 16.1 Å². The minimum atomic E-state index is -0.740. The normalized spacial score (nSPS) is 14.1. The van der Waals surface area contributed by atoms with Gasteiger partial charge in [0, 0.05) is 5.56 Å². The number of hydrogen-bond acceptors (Lipinski definition) is 2. The summed E-state index contributed by atoms with van der Waals surface area (Å²) in [4.78, 5) is 0. The number of rotatable bonds is 3. The van der Waals surface area contributed by atoms with Crippen LogP contribution in [0.3, 0.4) is 0 Å². The Balaban J connectivity index is 2.94. The molecule has 14 heavy (non-hydrogen) atoms. The Bertz CT molecular complexity index is 297. The van der Waals surface area contributed by atoms with Gasteiger partial charge >= 0.3 is 0 Å². The summed E-state index contributed by atoms with van der Waals surface area (Å²) in [7, 11) is 0. The largest absolute Gasteiger partial charge is 0.377 e. The molecule has 0 amide bonds. The molecule has 0 aliphatic carbocycles. The molecule has 2 nitrogen and oxygen atoms in total. The first-order chi connectivity index (χ1) is 6.47. The third kappa shape index (κ3) is 3.28. The number of alkyl halides is 3. The highest BCUT2D eigenvalue weighted by Gasteiger charge is 2.25. The Morgan fingerprint density at radius 2 is 1.71 bits per heavy atom. The third-order valence-corrected chi connectivity index (χ3v) is 4.74. The summed E-state index contributed by atoms with van der Waals surface area (Å²) < 4.78 is 4.26.